The first-order chi connectivity index (χ1) is 25.8. The lowest BCUT2D eigenvalue weighted by Gasteiger charge is -2.36. The lowest BCUT2D eigenvalue weighted by molar-refractivity contribution is 0.685. The smallest absolute Gasteiger partial charge is 0.0620 e. The van der Waals surface area contributed by atoms with E-state index >= 15 is 0 Å². The number of para-hydroxylation sites is 2. The zero-order chi connectivity index (χ0) is 34.4. The number of hydrogen-bond donors (Lipinski definition) is 0. The maximum Gasteiger partial charge on any atom is 0.0620 e. The van der Waals surface area contributed by atoms with E-state index in [4.69, 9.17) is 0 Å². The molecule has 7 aromatic rings. The standard InChI is InChI=1S/C50H46N2/c1-3-23-39(24-4-1)51(47-31-15-21-35-17-9-11-27-41(35)47)49-43-29-13-14-30-44(43)50(46-34-38-20-8-7-19-37(38)33-45(46)49)52(40-25-5-2-6-26-40)48-32-16-22-36-18-10-12-28-42(36)48/h1-6,13-16,21-26,29-34H,7-12,17-20,27-28H2. The van der Waals surface area contributed by atoms with Gasteiger partial charge in [-0.3, -0.25) is 0 Å². The fourth-order valence-corrected chi connectivity index (χ4v) is 9.72. The highest BCUT2D eigenvalue weighted by Crippen LogP contribution is 2.53. The van der Waals surface area contributed by atoms with Crippen molar-refractivity contribution in [2.45, 2.75) is 77.0 Å². The molecule has 0 unspecified atom stereocenters. The summed E-state index contributed by atoms with van der Waals surface area (Å²) in [5.41, 5.74) is 16.8. The van der Waals surface area contributed by atoms with E-state index < -0.39 is 0 Å². The van der Waals surface area contributed by atoms with Gasteiger partial charge in [0.2, 0.25) is 0 Å². The average Bonchev–Trinajstić information content (AvgIpc) is 3.22. The molecule has 0 saturated heterocycles. The van der Waals surface area contributed by atoms with Crippen molar-refractivity contribution in [2.24, 2.45) is 0 Å². The maximum absolute atomic E-state index is 2.63. The summed E-state index contributed by atoms with van der Waals surface area (Å²) in [6.45, 7) is 0. The molecule has 52 heavy (non-hydrogen) atoms. The Bertz CT molecular complexity index is 2260. The number of benzene rings is 7. The van der Waals surface area contributed by atoms with Crippen LogP contribution < -0.4 is 9.80 Å². The molecule has 2 nitrogen and oxygen atoms in total. The molecule has 0 spiro atoms. The molecule has 0 heterocycles. The summed E-state index contributed by atoms with van der Waals surface area (Å²) in [5.74, 6) is 0. The molecule has 0 atom stereocenters. The first kappa shape index (κ1) is 31.4. The van der Waals surface area contributed by atoms with E-state index in [1.807, 2.05) is 0 Å². The van der Waals surface area contributed by atoms with Crippen molar-refractivity contribution in [1.29, 1.82) is 0 Å². The highest BCUT2D eigenvalue weighted by molar-refractivity contribution is 6.23. The van der Waals surface area contributed by atoms with Gasteiger partial charge in [0, 0.05) is 44.3 Å². The van der Waals surface area contributed by atoms with Crippen LogP contribution in [0.4, 0.5) is 34.1 Å². The number of hydrogen-bond acceptors (Lipinski definition) is 2. The fourth-order valence-electron chi connectivity index (χ4n) is 9.72. The van der Waals surface area contributed by atoms with Gasteiger partial charge in [-0.25, -0.2) is 0 Å². The Morgan fingerprint density at radius 1 is 0.308 bits per heavy atom. The van der Waals surface area contributed by atoms with Crippen molar-refractivity contribution in [2.75, 3.05) is 9.80 Å². The topological polar surface area (TPSA) is 6.48 Å². The highest BCUT2D eigenvalue weighted by atomic mass is 15.2. The summed E-state index contributed by atoms with van der Waals surface area (Å²) in [6.07, 6.45) is 14.4. The Morgan fingerprint density at radius 3 is 1.13 bits per heavy atom. The van der Waals surface area contributed by atoms with Gasteiger partial charge in [0.1, 0.15) is 0 Å². The number of nitrogens with zero attached hydrogens (tertiary/aromatic N) is 2. The van der Waals surface area contributed by atoms with Crippen molar-refractivity contribution in [3.05, 3.63) is 167 Å². The summed E-state index contributed by atoms with van der Waals surface area (Å²) in [5, 5.41) is 5.28. The SMILES string of the molecule is c1ccc(N(c2cccc3c2CCCC3)c2c3ccccc3c(N(c3ccccc3)c3cccc4c3CCCC4)c3cc4c(cc23)CCCC4)cc1. The van der Waals surface area contributed by atoms with Crippen LogP contribution in [-0.4, -0.2) is 0 Å². The minimum Gasteiger partial charge on any atom is -0.309 e. The number of anilines is 6. The lowest BCUT2D eigenvalue weighted by Crippen LogP contribution is -2.18. The van der Waals surface area contributed by atoms with Gasteiger partial charge in [-0.2, -0.15) is 0 Å². The number of aryl methyl sites for hydroxylation is 4. The molecule has 0 amide bonds. The van der Waals surface area contributed by atoms with Crippen LogP contribution in [0.25, 0.3) is 21.5 Å². The normalized spacial score (nSPS) is 15.2. The zero-order valence-corrected chi connectivity index (χ0v) is 30.1. The molecule has 0 aliphatic heterocycles. The van der Waals surface area contributed by atoms with Crippen LogP contribution in [0.3, 0.4) is 0 Å². The molecule has 3 aliphatic rings. The molecular weight excluding hydrogens is 629 g/mol. The Kier molecular flexibility index (Phi) is 8.05. The van der Waals surface area contributed by atoms with E-state index in [1.54, 1.807) is 0 Å². The molecule has 256 valence electrons. The summed E-state index contributed by atoms with van der Waals surface area (Å²) < 4.78 is 0. The van der Waals surface area contributed by atoms with Crippen LogP contribution in [0.2, 0.25) is 0 Å². The molecular formula is C50H46N2. The highest BCUT2D eigenvalue weighted by Gasteiger charge is 2.29. The average molecular weight is 675 g/mol. The van der Waals surface area contributed by atoms with Crippen molar-refractivity contribution >= 4 is 55.7 Å². The number of rotatable bonds is 6. The number of fused-ring (bicyclic) bond motifs is 5. The van der Waals surface area contributed by atoms with E-state index in [1.165, 1.54) is 128 Å². The monoisotopic (exact) mass is 674 g/mol. The molecule has 0 N–H and O–H groups in total. The second-order valence-corrected chi connectivity index (χ2v) is 15.2. The third kappa shape index (κ3) is 5.31. The van der Waals surface area contributed by atoms with E-state index in [-0.39, 0.29) is 0 Å². The van der Waals surface area contributed by atoms with Crippen LogP contribution in [-0.2, 0) is 38.5 Å². The molecule has 10 rings (SSSR count). The molecule has 0 aromatic heterocycles. The lowest BCUT2D eigenvalue weighted by atomic mass is 9.85. The Morgan fingerprint density at radius 2 is 0.692 bits per heavy atom. The van der Waals surface area contributed by atoms with Crippen LogP contribution >= 0.6 is 0 Å². The summed E-state index contributed by atoms with van der Waals surface area (Å²) in [6, 6.07) is 50.9. The second kappa shape index (κ2) is 13.3. The van der Waals surface area contributed by atoms with Crippen LogP contribution in [0.1, 0.15) is 71.9 Å². The van der Waals surface area contributed by atoms with E-state index in [0.717, 1.165) is 38.5 Å². The van der Waals surface area contributed by atoms with Gasteiger partial charge in [0.25, 0.3) is 0 Å². The molecule has 7 aromatic carbocycles. The Hall–Kier alpha value is -5.34. The fraction of sp³-hybridized carbons (Fsp3) is 0.240. The van der Waals surface area contributed by atoms with E-state index in [0.29, 0.717) is 0 Å². The zero-order valence-electron chi connectivity index (χ0n) is 30.1. The van der Waals surface area contributed by atoms with Crippen molar-refractivity contribution < 1.29 is 0 Å². The minimum atomic E-state index is 1.12. The molecule has 0 fully saturated rings. The van der Waals surface area contributed by atoms with Gasteiger partial charge in [-0.1, -0.05) is 84.9 Å². The van der Waals surface area contributed by atoms with E-state index in [9.17, 15) is 0 Å². The van der Waals surface area contributed by atoms with Gasteiger partial charge < -0.3 is 9.80 Å². The predicted molar refractivity (Wildman–Crippen MR) is 221 cm³/mol. The van der Waals surface area contributed by atoms with Crippen LogP contribution in [0.15, 0.2) is 133 Å². The minimum absolute atomic E-state index is 1.12. The largest absolute Gasteiger partial charge is 0.309 e. The molecule has 0 saturated carbocycles. The summed E-state index contributed by atoms with van der Waals surface area (Å²) in [4.78, 5) is 5.26. The van der Waals surface area contributed by atoms with Gasteiger partial charge >= 0.3 is 0 Å². The van der Waals surface area contributed by atoms with Crippen LogP contribution in [0.5, 0.6) is 0 Å². The Labute approximate surface area is 308 Å². The summed E-state index contributed by atoms with van der Waals surface area (Å²) >= 11 is 0. The molecule has 2 heteroatoms. The third-order valence-corrected chi connectivity index (χ3v) is 12.1. The van der Waals surface area contributed by atoms with Crippen molar-refractivity contribution in [3.63, 3.8) is 0 Å². The molecule has 0 radical (unpaired) electrons. The van der Waals surface area contributed by atoms with Crippen LogP contribution in [0, 0.1) is 0 Å². The van der Waals surface area contributed by atoms with Gasteiger partial charge in [0.15, 0.2) is 0 Å². The van der Waals surface area contributed by atoms with Crippen molar-refractivity contribution in [3.8, 4) is 0 Å². The first-order valence-electron chi connectivity index (χ1n) is 19.8. The van der Waals surface area contributed by atoms with Gasteiger partial charge in [-0.05, 0) is 159 Å². The van der Waals surface area contributed by atoms with Gasteiger partial charge in [-0.15, -0.1) is 0 Å². The molecule has 3 aliphatic carbocycles. The Balaban J connectivity index is 1.36. The summed E-state index contributed by atoms with van der Waals surface area (Å²) in [7, 11) is 0. The predicted octanol–water partition coefficient (Wildman–Crippen LogP) is 13.6. The quantitative estimate of drug-likeness (QED) is 0.128. The maximum atomic E-state index is 2.63. The third-order valence-electron chi connectivity index (χ3n) is 12.1. The van der Waals surface area contributed by atoms with E-state index in [2.05, 4.69) is 143 Å². The molecule has 0 bridgehead atoms. The van der Waals surface area contributed by atoms with Gasteiger partial charge in [0.05, 0.1) is 11.4 Å². The second-order valence-electron chi connectivity index (χ2n) is 15.2. The van der Waals surface area contributed by atoms with Crippen molar-refractivity contribution in [1.82, 2.24) is 0 Å². The first-order valence-corrected chi connectivity index (χ1v) is 19.8.